The smallest absolute Gasteiger partial charge is 0.227 e. The van der Waals surface area contributed by atoms with E-state index in [-0.39, 0.29) is 18.0 Å². The van der Waals surface area contributed by atoms with E-state index in [0.717, 1.165) is 18.7 Å². The highest BCUT2D eigenvalue weighted by Crippen LogP contribution is 2.13. The van der Waals surface area contributed by atoms with Gasteiger partial charge in [-0.25, -0.2) is 4.68 Å². The Bertz CT molecular complexity index is 359. The number of nitrogens with two attached hydrogens (primary N) is 1. The van der Waals surface area contributed by atoms with Crippen LogP contribution in [-0.4, -0.2) is 21.7 Å². The van der Waals surface area contributed by atoms with Gasteiger partial charge in [-0.2, -0.15) is 5.10 Å². The maximum absolute atomic E-state index is 11.7. The zero-order valence-corrected chi connectivity index (χ0v) is 10.8. The highest BCUT2D eigenvalue weighted by atomic mass is 16.1. The minimum Gasteiger partial charge on any atom is -0.327 e. The van der Waals surface area contributed by atoms with Gasteiger partial charge in [0, 0.05) is 24.6 Å². The number of amides is 1. The van der Waals surface area contributed by atoms with E-state index in [1.807, 2.05) is 13.8 Å². The number of nitrogens with one attached hydrogen (secondary N) is 1. The predicted octanol–water partition coefficient (Wildman–Crippen LogP) is 1.92. The minimum absolute atomic E-state index is 0.0478. The lowest BCUT2D eigenvalue weighted by molar-refractivity contribution is -0.116. The van der Waals surface area contributed by atoms with Gasteiger partial charge in [0.25, 0.3) is 0 Å². The molecule has 3 N–H and O–H groups in total. The number of hydrogen-bond acceptors (Lipinski definition) is 3. The zero-order valence-electron chi connectivity index (χ0n) is 10.8. The number of aromatic nitrogens is 2. The standard InChI is InChI=1S/C12H22N4O/c1-4-5-10(13)8-12(17)15-11-6-7-14-16(11)9(2)3/h6-7,9-10H,4-5,8,13H2,1-3H3,(H,15,17). The van der Waals surface area contributed by atoms with Gasteiger partial charge in [0.2, 0.25) is 5.91 Å². The van der Waals surface area contributed by atoms with Crippen molar-refractivity contribution in [2.24, 2.45) is 5.73 Å². The average molecular weight is 238 g/mol. The Morgan fingerprint density at radius 2 is 2.29 bits per heavy atom. The Balaban J connectivity index is 2.53. The molecule has 1 aromatic heterocycles. The van der Waals surface area contributed by atoms with Crippen molar-refractivity contribution in [1.82, 2.24) is 9.78 Å². The van der Waals surface area contributed by atoms with Gasteiger partial charge in [-0.05, 0) is 20.3 Å². The molecule has 1 aromatic rings. The van der Waals surface area contributed by atoms with Crippen molar-refractivity contribution in [3.63, 3.8) is 0 Å². The van der Waals surface area contributed by atoms with Crippen molar-refractivity contribution in [2.75, 3.05) is 5.32 Å². The van der Waals surface area contributed by atoms with Gasteiger partial charge >= 0.3 is 0 Å². The fourth-order valence-corrected chi connectivity index (χ4v) is 1.73. The zero-order chi connectivity index (χ0) is 12.8. The van der Waals surface area contributed by atoms with E-state index in [2.05, 4.69) is 17.3 Å². The summed E-state index contributed by atoms with van der Waals surface area (Å²) in [6.45, 7) is 6.10. The van der Waals surface area contributed by atoms with E-state index in [1.54, 1.807) is 16.9 Å². The summed E-state index contributed by atoms with van der Waals surface area (Å²) < 4.78 is 1.78. The molecular formula is C12H22N4O. The summed E-state index contributed by atoms with van der Waals surface area (Å²) in [7, 11) is 0. The van der Waals surface area contributed by atoms with Crippen LogP contribution < -0.4 is 11.1 Å². The van der Waals surface area contributed by atoms with Gasteiger partial charge in [-0.3, -0.25) is 4.79 Å². The van der Waals surface area contributed by atoms with Crippen LogP contribution in [0.15, 0.2) is 12.3 Å². The van der Waals surface area contributed by atoms with Crippen LogP contribution in [-0.2, 0) is 4.79 Å². The number of nitrogens with zero attached hydrogens (tertiary/aromatic N) is 2. The lowest BCUT2D eigenvalue weighted by Gasteiger charge is -2.13. The number of anilines is 1. The Morgan fingerprint density at radius 3 is 2.88 bits per heavy atom. The van der Waals surface area contributed by atoms with E-state index in [1.165, 1.54) is 0 Å². The number of hydrogen-bond donors (Lipinski definition) is 2. The van der Waals surface area contributed by atoms with Crippen LogP contribution in [0.2, 0.25) is 0 Å². The molecule has 0 spiro atoms. The second kappa shape index (κ2) is 6.39. The second-order valence-corrected chi connectivity index (χ2v) is 4.56. The molecule has 0 fully saturated rings. The van der Waals surface area contributed by atoms with Gasteiger partial charge in [0.1, 0.15) is 5.82 Å². The molecule has 0 aliphatic heterocycles. The fraction of sp³-hybridized carbons (Fsp3) is 0.667. The first-order chi connectivity index (χ1) is 8.04. The topological polar surface area (TPSA) is 72.9 Å². The maximum Gasteiger partial charge on any atom is 0.227 e. The number of rotatable bonds is 6. The third kappa shape index (κ3) is 4.19. The maximum atomic E-state index is 11.7. The van der Waals surface area contributed by atoms with E-state index < -0.39 is 0 Å². The van der Waals surface area contributed by atoms with Crippen molar-refractivity contribution < 1.29 is 4.79 Å². The minimum atomic E-state index is -0.0598. The van der Waals surface area contributed by atoms with Crippen molar-refractivity contribution >= 4 is 11.7 Å². The van der Waals surface area contributed by atoms with Crippen LogP contribution in [0.3, 0.4) is 0 Å². The summed E-state index contributed by atoms with van der Waals surface area (Å²) in [4.78, 5) is 11.7. The summed E-state index contributed by atoms with van der Waals surface area (Å²) in [5.74, 6) is 0.682. The summed E-state index contributed by atoms with van der Waals surface area (Å²) >= 11 is 0. The van der Waals surface area contributed by atoms with Gasteiger partial charge in [-0.1, -0.05) is 13.3 Å². The molecule has 0 saturated carbocycles. The number of carbonyl (C=O) groups is 1. The summed E-state index contributed by atoms with van der Waals surface area (Å²) in [5, 5.41) is 7.00. The molecule has 0 aromatic carbocycles. The van der Waals surface area contributed by atoms with Crippen LogP contribution in [0.5, 0.6) is 0 Å². The third-order valence-corrected chi connectivity index (χ3v) is 2.53. The Morgan fingerprint density at radius 1 is 1.59 bits per heavy atom. The van der Waals surface area contributed by atoms with Crippen molar-refractivity contribution in [3.8, 4) is 0 Å². The van der Waals surface area contributed by atoms with E-state index >= 15 is 0 Å². The fourth-order valence-electron chi connectivity index (χ4n) is 1.73. The molecule has 5 heteroatoms. The summed E-state index contributed by atoms with van der Waals surface area (Å²) in [6, 6.07) is 1.96. The van der Waals surface area contributed by atoms with Crippen LogP contribution in [0, 0.1) is 0 Å². The second-order valence-electron chi connectivity index (χ2n) is 4.56. The quantitative estimate of drug-likeness (QED) is 0.795. The van der Waals surface area contributed by atoms with Gasteiger partial charge in [-0.15, -0.1) is 0 Å². The molecule has 0 radical (unpaired) electrons. The predicted molar refractivity (Wildman–Crippen MR) is 68.7 cm³/mol. The summed E-state index contributed by atoms with van der Waals surface area (Å²) in [6.07, 6.45) is 3.91. The van der Waals surface area contributed by atoms with Gasteiger partial charge in [0.05, 0.1) is 6.20 Å². The third-order valence-electron chi connectivity index (χ3n) is 2.53. The Labute approximate surface area is 102 Å². The molecule has 0 saturated heterocycles. The molecule has 1 heterocycles. The Kier molecular flexibility index (Phi) is 5.15. The van der Waals surface area contributed by atoms with Crippen LogP contribution in [0.4, 0.5) is 5.82 Å². The normalized spacial score (nSPS) is 12.8. The lowest BCUT2D eigenvalue weighted by Crippen LogP contribution is -2.27. The van der Waals surface area contributed by atoms with E-state index in [4.69, 9.17) is 5.73 Å². The molecule has 1 unspecified atom stereocenters. The molecule has 5 nitrogen and oxygen atoms in total. The van der Waals surface area contributed by atoms with Gasteiger partial charge in [0.15, 0.2) is 0 Å². The first-order valence-electron chi connectivity index (χ1n) is 6.13. The first-order valence-corrected chi connectivity index (χ1v) is 6.13. The van der Waals surface area contributed by atoms with Crippen LogP contribution in [0.1, 0.15) is 46.1 Å². The highest BCUT2D eigenvalue weighted by molar-refractivity contribution is 5.90. The monoisotopic (exact) mass is 238 g/mol. The molecule has 1 atom stereocenters. The van der Waals surface area contributed by atoms with E-state index in [0.29, 0.717) is 6.42 Å². The van der Waals surface area contributed by atoms with Crippen LogP contribution in [0.25, 0.3) is 0 Å². The molecule has 1 amide bonds. The summed E-state index contributed by atoms with van der Waals surface area (Å²) in [5.41, 5.74) is 5.83. The van der Waals surface area contributed by atoms with Crippen molar-refractivity contribution in [2.45, 2.75) is 52.1 Å². The molecule has 1 rings (SSSR count). The molecular weight excluding hydrogens is 216 g/mol. The first kappa shape index (κ1) is 13.7. The van der Waals surface area contributed by atoms with Crippen molar-refractivity contribution in [3.05, 3.63) is 12.3 Å². The van der Waals surface area contributed by atoms with Crippen LogP contribution >= 0.6 is 0 Å². The molecule has 96 valence electrons. The lowest BCUT2D eigenvalue weighted by atomic mass is 10.1. The Hall–Kier alpha value is -1.36. The van der Waals surface area contributed by atoms with E-state index in [9.17, 15) is 4.79 Å². The SMILES string of the molecule is CCCC(N)CC(=O)Nc1ccnn1C(C)C. The number of carbonyl (C=O) groups excluding carboxylic acids is 1. The molecule has 0 bridgehead atoms. The largest absolute Gasteiger partial charge is 0.327 e. The molecule has 0 aliphatic rings. The van der Waals surface area contributed by atoms with Crippen molar-refractivity contribution in [1.29, 1.82) is 0 Å². The average Bonchev–Trinajstić information content (AvgIpc) is 2.65. The molecule has 17 heavy (non-hydrogen) atoms. The van der Waals surface area contributed by atoms with Gasteiger partial charge < -0.3 is 11.1 Å². The molecule has 0 aliphatic carbocycles. The highest BCUT2D eigenvalue weighted by Gasteiger charge is 2.12.